The molecule has 0 unspecified atom stereocenters. The van der Waals surface area contributed by atoms with Crippen LogP contribution < -0.4 is 10.6 Å². The van der Waals surface area contributed by atoms with E-state index in [2.05, 4.69) is 9.82 Å². The maximum Gasteiger partial charge on any atom is 0.321 e. The minimum atomic E-state index is -0.704. The average Bonchev–Trinajstić information content (AvgIpc) is 2.36. The molecule has 11 heavy (non-hydrogen) atoms. The van der Waals surface area contributed by atoms with Gasteiger partial charge in [0.2, 0.25) is 0 Å². The molecule has 6 heteroatoms. The van der Waals surface area contributed by atoms with Crippen LogP contribution in [0.25, 0.3) is 0 Å². The summed E-state index contributed by atoms with van der Waals surface area (Å²) in [6.45, 7) is 0.175. The van der Waals surface area contributed by atoms with Gasteiger partial charge in [0.25, 0.3) is 5.91 Å². The molecule has 0 aliphatic rings. The Morgan fingerprint density at radius 3 is 3.09 bits per heavy atom. The van der Waals surface area contributed by atoms with Crippen LogP contribution in [0.15, 0.2) is 12.5 Å². The Balaban J connectivity index is 2.95. The number of primary amides is 1. The van der Waals surface area contributed by atoms with Gasteiger partial charge in [0.1, 0.15) is 6.33 Å². The molecule has 0 saturated heterocycles. The molecule has 2 N–H and O–H groups in total. The molecular weight excluding hydrogens is 150 g/mol. The Morgan fingerprint density at radius 1 is 1.82 bits per heavy atom. The van der Waals surface area contributed by atoms with Gasteiger partial charge in [0.05, 0.1) is 6.20 Å². The zero-order valence-electron chi connectivity index (χ0n) is 5.43. The van der Waals surface area contributed by atoms with E-state index in [9.17, 15) is 9.59 Å². The molecule has 0 aliphatic heterocycles. The SMILES string of the molecule is NC(=O)c1cncn1OC=O. The fourth-order valence-electron chi connectivity index (χ4n) is 0.586. The van der Waals surface area contributed by atoms with Crippen LogP contribution in [0, 0.1) is 0 Å². The van der Waals surface area contributed by atoms with Crippen molar-refractivity contribution in [3.8, 4) is 0 Å². The van der Waals surface area contributed by atoms with Gasteiger partial charge in [0.15, 0.2) is 5.69 Å². The first kappa shape index (κ1) is 7.26. The lowest BCUT2D eigenvalue weighted by molar-refractivity contribution is -0.129. The molecule has 0 atom stereocenters. The number of nitrogens with zero attached hydrogens (tertiary/aromatic N) is 2. The van der Waals surface area contributed by atoms with Crippen molar-refractivity contribution in [1.29, 1.82) is 0 Å². The van der Waals surface area contributed by atoms with Gasteiger partial charge >= 0.3 is 6.47 Å². The quantitative estimate of drug-likeness (QED) is 0.542. The Labute approximate surface area is 61.5 Å². The third-order valence-electron chi connectivity index (χ3n) is 1.01. The van der Waals surface area contributed by atoms with Crippen LogP contribution in [0.4, 0.5) is 0 Å². The molecule has 0 radical (unpaired) electrons. The summed E-state index contributed by atoms with van der Waals surface area (Å²) in [5.41, 5.74) is 4.92. The zero-order chi connectivity index (χ0) is 8.27. The smallest absolute Gasteiger partial charge is 0.321 e. The molecule has 0 bridgehead atoms. The first-order chi connectivity index (χ1) is 5.25. The number of rotatable bonds is 3. The summed E-state index contributed by atoms with van der Waals surface area (Å²) in [5, 5.41) is 0. The van der Waals surface area contributed by atoms with Crippen LogP contribution in [-0.4, -0.2) is 22.1 Å². The summed E-state index contributed by atoms with van der Waals surface area (Å²) in [4.78, 5) is 28.2. The van der Waals surface area contributed by atoms with Crippen molar-refractivity contribution in [1.82, 2.24) is 9.71 Å². The van der Waals surface area contributed by atoms with Crippen molar-refractivity contribution in [2.45, 2.75) is 0 Å². The van der Waals surface area contributed by atoms with E-state index in [1.807, 2.05) is 0 Å². The Morgan fingerprint density at radius 2 is 2.55 bits per heavy atom. The lowest BCUT2D eigenvalue weighted by Gasteiger charge is -1.98. The Hall–Kier alpha value is -1.85. The molecule has 58 valence electrons. The standard InChI is InChI=1S/C5H5N3O3/c6-5(10)4-1-7-2-8(4)11-3-9/h1-3H,(H2,6,10). The fourth-order valence-corrected chi connectivity index (χ4v) is 0.586. The largest absolute Gasteiger partial charge is 0.364 e. The monoisotopic (exact) mass is 155 g/mol. The maximum atomic E-state index is 10.5. The molecule has 1 aromatic rings. The second-order valence-electron chi connectivity index (χ2n) is 1.67. The van der Waals surface area contributed by atoms with E-state index in [-0.39, 0.29) is 12.2 Å². The Bertz CT molecular complexity index is 280. The van der Waals surface area contributed by atoms with Crippen LogP contribution in [0.1, 0.15) is 10.5 Å². The molecule has 1 aromatic heterocycles. The highest BCUT2D eigenvalue weighted by Crippen LogP contribution is 1.93. The minimum absolute atomic E-state index is 0.0251. The predicted octanol–water partition coefficient (Wildman–Crippen LogP) is -1.43. The van der Waals surface area contributed by atoms with E-state index < -0.39 is 5.91 Å². The fraction of sp³-hybridized carbons (Fsp3) is 0. The van der Waals surface area contributed by atoms with Gasteiger partial charge in [-0.15, -0.1) is 0 Å². The molecule has 1 amide bonds. The van der Waals surface area contributed by atoms with Gasteiger partial charge in [-0.1, -0.05) is 0 Å². The van der Waals surface area contributed by atoms with Crippen LogP contribution in [-0.2, 0) is 4.79 Å². The van der Waals surface area contributed by atoms with Gasteiger partial charge in [-0.3, -0.25) is 9.59 Å². The second-order valence-corrected chi connectivity index (χ2v) is 1.67. The van der Waals surface area contributed by atoms with E-state index in [0.29, 0.717) is 0 Å². The first-order valence-corrected chi connectivity index (χ1v) is 2.68. The van der Waals surface area contributed by atoms with Gasteiger partial charge in [-0.2, -0.15) is 4.73 Å². The lowest BCUT2D eigenvalue weighted by Crippen LogP contribution is -2.20. The summed E-state index contributed by atoms with van der Waals surface area (Å²) in [5.74, 6) is -0.704. The number of carbonyl (C=O) groups is 2. The highest BCUT2D eigenvalue weighted by molar-refractivity contribution is 5.90. The second kappa shape index (κ2) is 2.82. The van der Waals surface area contributed by atoms with Crippen molar-refractivity contribution in [2.75, 3.05) is 0 Å². The van der Waals surface area contributed by atoms with Gasteiger partial charge < -0.3 is 10.6 Å². The van der Waals surface area contributed by atoms with E-state index in [0.717, 1.165) is 11.1 Å². The minimum Gasteiger partial charge on any atom is -0.364 e. The van der Waals surface area contributed by atoms with Crippen LogP contribution in [0.5, 0.6) is 0 Å². The first-order valence-electron chi connectivity index (χ1n) is 2.68. The molecule has 0 aliphatic carbocycles. The topological polar surface area (TPSA) is 87.2 Å². The number of hydrogen-bond donors (Lipinski definition) is 1. The summed E-state index contributed by atoms with van der Waals surface area (Å²) in [6.07, 6.45) is 2.36. The summed E-state index contributed by atoms with van der Waals surface area (Å²) >= 11 is 0. The van der Waals surface area contributed by atoms with Crippen molar-refractivity contribution >= 4 is 12.4 Å². The number of aromatic nitrogens is 2. The molecule has 1 heterocycles. The van der Waals surface area contributed by atoms with Crippen LogP contribution >= 0.6 is 0 Å². The van der Waals surface area contributed by atoms with Gasteiger partial charge in [-0.25, -0.2) is 4.98 Å². The van der Waals surface area contributed by atoms with Crippen molar-refractivity contribution < 1.29 is 14.4 Å². The van der Waals surface area contributed by atoms with E-state index >= 15 is 0 Å². The number of carbonyl (C=O) groups excluding carboxylic acids is 2. The molecule has 0 fully saturated rings. The summed E-state index contributed by atoms with van der Waals surface area (Å²) in [7, 11) is 0. The summed E-state index contributed by atoms with van der Waals surface area (Å²) in [6, 6.07) is 0. The van der Waals surface area contributed by atoms with Crippen LogP contribution in [0.3, 0.4) is 0 Å². The van der Waals surface area contributed by atoms with Crippen LogP contribution in [0.2, 0.25) is 0 Å². The molecule has 0 saturated carbocycles. The number of nitrogens with two attached hydrogens (primary N) is 1. The van der Waals surface area contributed by atoms with E-state index in [4.69, 9.17) is 5.73 Å². The average molecular weight is 155 g/mol. The molecule has 0 aromatic carbocycles. The highest BCUT2D eigenvalue weighted by atomic mass is 16.7. The van der Waals surface area contributed by atoms with Crippen molar-refractivity contribution in [3.05, 3.63) is 18.2 Å². The normalized spacial score (nSPS) is 9.09. The zero-order valence-corrected chi connectivity index (χ0v) is 5.43. The number of hydrogen-bond acceptors (Lipinski definition) is 4. The molecule has 0 spiro atoms. The third-order valence-corrected chi connectivity index (χ3v) is 1.01. The van der Waals surface area contributed by atoms with Crippen molar-refractivity contribution in [2.24, 2.45) is 5.73 Å². The van der Waals surface area contributed by atoms with E-state index in [1.54, 1.807) is 0 Å². The molecule has 6 nitrogen and oxygen atoms in total. The molecule has 1 rings (SSSR count). The van der Waals surface area contributed by atoms with Crippen molar-refractivity contribution in [3.63, 3.8) is 0 Å². The van der Waals surface area contributed by atoms with Gasteiger partial charge in [0, 0.05) is 0 Å². The lowest BCUT2D eigenvalue weighted by atomic mass is 10.5. The predicted molar refractivity (Wildman–Crippen MR) is 33.4 cm³/mol. The highest BCUT2D eigenvalue weighted by Gasteiger charge is 2.07. The Kier molecular flexibility index (Phi) is 1.86. The molecular formula is C5H5N3O3. The van der Waals surface area contributed by atoms with Gasteiger partial charge in [-0.05, 0) is 0 Å². The third kappa shape index (κ3) is 1.34. The maximum absolute atomic E-state index is 10.5. The number of amides is 1. The summed E-state index contributed by atoms with van der Waals surface area (Å²) < 4.78 is 0.884. The number of imidazole rings is 1. The van der Waals surface area contributed by atoms with E-state index in [1.165, 1.54) is 6.20 Å².